The zero-order valence-corrected chi connectivity index (χ0v) is 14.7. The Morgan fingerprint density at radius 2 is 1.96 bits per heavy atom. The first kappa shape index (κ1) is 17.5. The summed E-state index contributed by atoms with van der Waals surface area (Å²) < 4.78 is 43.1. The van der Waals surface area contributed by atoms with Gasteiger partial charge >= 0.3 is 5.97 Å². The Labute approximate surface area is 155 Å². The summed E-state index contributed by atoms with van der Waals surface area (Å²) in [5, 5.41) is 10.3. The third-order valence-corrected chi connectivity index (χ3v) is 5.40. The molecule has 4 nitrogen and oxygen atoms in total. The van der Waals surface area contributed by atoms with Gasteiger partial charge in [0.1, 0.15) is 11.3 Å². The molecule has 8 heteroatoms. The van der Waals surface area contributed by atoms with Crippen LogP contribution in [0.25, 0.3) is 21.1 Å². The molecular formula is C19H13F3N2O2S. The molecule has 0 fully saturated rings. The highest BCUT2D eigenvalue weighted by Crippen LogP contribution is 2.31. The summed E-state index contributed by atoms with van der Waals surface area (Å²) >= 11 is 0.982. The van der Waals surface area contributed by atoms with Gasteiger partial charge in [0.15, 0.2) is 11.6 Å². The van der Waals surface area contributed by atoms with Crippen molar-refractivity contribution in [3.05, 3.63) is 64.6 Å². The lowest BCUT2D eigenvalue weighted by molar-refractivity contribution is -0.137. The first-order valence-electron chi connectivity index (χ1n) is 8.15. The van der Waals surface area contributed by atoms with Crippen LogP contribution < -0.4 is 0 Å². The highest BCUT2D eigenvalue weighted by atomic mass is 32.1. The van der Waals surface area contributed by atoms with Crippen LogP contribution in [0, 0.1) is 17.5 Å². The summed E-state index contributed by atoms with van der Waals surface area (Å²) in [4.78, 5) is 15.0. The summed E-state index contributed by atoms with van der Waals surface area (Å²) in [5.74, 6) is -4.15. The number of fused-ring (bicyclic) bond motifs is 2. The number of halogens is 3. The van der Waals surface area contributed by atoms with Gasteiger partial charge in [-0.1, -0.05) is 18.2 Å². The SMILES string of the molecule is O=C(O)CCn1cc(Cc2nc3c(F)c(F)cc(F)c3s2)c2ccccc21. The standard InChI is InChI=1S/C19H13F3N2O2S/c20-12-8-13(21)19-18(17(12)22)23-15(27-19)7-10-9-24(6-5-16(25)26)14-4-2-1-3-11(10)14/h1-4,8-9H,5-7H2,(H,25,26). The minimum atomic E-state index is -1.26. The Hall–Kier alpha value is -2.87. The fraction of sp³-hybridized carbons (Fsp3) is 0.158. The van der Waals surface area contributed by atoms with Crippen molar-refractivity contribution in [3.63, 3.8) is 0 Å². The Kier molecular flexibility index (Phi) is 4.35. The number of hydrogen-bond acceptors (Lipinski definition) is 3. The van der Waals surface area contributed by atoms with Gasteiger partial charge in [0, 0.05) is 36.1 Å². The number of benzene rings is 2. The molecule has 2 heterocycles. The summed E-state index contributed by atoms with van der Waals surface area (Å²) in [7, 11) is 0. The van der Waals surface area contributed by atoms with Crippen LogP contribution in [-0.4, -0.2) is 20.6 Å². The number of carbonyl (C=O) groups is 1. The lowest BCUT2D eigenvalue weighted by atomic mass is 10.1. The predicted molar refractivity (Wildman–Crippen MR) is 96.5 cm³/mol. The molecule has 0 amide bonds. The van der Waals surface area contributed by atoms with Crippen LogP contribution in [0.5, 0.6) is 0 Å². The Morgan fingerprint density at radius 1 is 1.19 bits per heavy atom. The normalized spacial score (nSPS) is 11.5. The van der Waals surface area contributed by atoms with E-state index in [1.165, 1.54) is 0 Å². The lowest BCUT2D eigenvalue weighted by Gasteiger charge is -2.01. The largest absolute Gasteiger partial charge is 0.481 e. The van der Waals surface area contributed by atoms with Gasteiger partial charge in [-0.05, 0) is 11.6 Å². The maximum Gasteiger partial charge on any atom is 0.305 e. The molecule has 2 aromatic heterocycles. The highest BCUT2D eigenvalue weighted by Gasteiger charge is 2.18. The number of carboxylic acid groups (broad SMARTS) is 1. The van der Waals surface area contributed by atoms with E-state index >= 15 is 0 Å². The maximum absolute atomic E-state index is 13.9. The summed E-state index contributed by atoms with van der Waals surface area (Å²) in [6, 6.07) is 8.02. The van der Waals surface area contributed by atoms with Crippen molar-refractivity contribution in [2.45, 2.75) is 19.4 Å². The van der Waals surface area contributed by atoms with Crippen molar-refractivity contribution in [1.82, 2.24) is 9.55 Å². The van der Waals surface area contributed by atoms with Gasteiger partial charge in [-0.2, -0.15) is 0 Å². The second-order valence-corrected chi connectivity index (χ2v) is 7.21. The number of hydrogen-bond donors (Lipinski definition) is 1. The van der Waals surface area contributed by atoms with E-state index in [1.54, 1.807) is 0 Å². The number of aliphatic carboxylic acids is 1. The molecule has 0 spiro atoms. The monoisotopic (exact) mass is 390 g/mol. The molecule has 0 aliphatic heterocycles. The number of thiazole rings is 1. The van der Waals surface area contributed by atoms with Gasteiger partial charge in [-0.3, -0.25) is 4.79 Å². The molecule has 2 aromatic carbocycles. The second kappa shape index (κ2) is 6.70. The van der Waals surface area contributed by atoms with E-state index in [2.05, 4.69) is 4.98 Å². The highest BCUT2D eigenvalue weighted by molar-refractivity contribution is 7.18. The molecule has 1 N–H and O–H groups in total. The van der Waals surface area contributed by atoms with Crippen molar-refractivity contribution in [2.75, 3.05) is 0 Å². The first-order valence-corrected chi connectivity index (χ1v) is 8.97. The molecule has 0 bridgehead atoms. The van der Waals surface area contributed by atoms with Gasteiger partial charge in [0.25, 0.3) is 0 Å². The van der Waals surface area contributed by atoms with Crippen LogP contribution in [0.4, 0.5) is 13.2 Å². The summed E-state index contributed by atoms with van der Waals surface area (Å²) in [6.45, 7) is 0.310. The van der Waals surface area contributed by atoms with E-state index in [4.69, 9.17) is 5.11 Å². The minimum Gasteiger partial charge on any atom is -0.481 e. The number of aryl methyl sites for hydroxylation is 1. The van der Waals surface area contributed by atoms with E-state index in [-0.39, 0.29) is 16.6 Å². The van der Waals surface area contributed by atoms with Crippen LogP contribution in [0.2, 0.25) is 0 Å². The van der Waals surface area contributed by atoms with Gasteiger partial charge in [0.2, 0.25) is 0 Å². The van der Waals surface area contributed by atoms with Crippen LogP contribution in [-0.2, 0) is 17.8 Å². The lowest BCUT2D eigenvalue weighted by Crippen LogP contribution is -2.03. The number of nitrogens with zero attached hydrogens (tertiary/aromatic N) is 2. The van der Waals surface area contributed by atoms with Gasteiger partial charge in [0.05, 0.1) is 16.1 Å². The van der Waals surface area contributed by atoms with E-state index in [0.717, 1.165) is 27.8 Å². The van der Waals surface area contributed by atoms with E-state index in [0.29, 0.717) is 24.0 Å². The van der Waals surface area contributed by atoms with Crippen molar-refractivity contribution in [1.29, 1.82) is 0 Å². The number of para-hydroxylation sites is 1. The maximum atomic E-state index is 13.9. The molecule has 0 aliphatic rings. The van der Waals surface area contributed by atoms with Gasteiger partial charge < -0.3 is 9.67 Å². The zero-order chi connectivity index (χ0) is 19.1. The first-order chi connectivity index (χ1) is 12.9. The quantitative estimate of drug-likeness (QED) is 0.501. The molecule has 0 saturated carbocycles. The molecular weight excluding hydrogens is 377 g/mol. The van der Waals surface area contributed by atoms with E-state index in [1.807, 2.05) is 35.0 Å². The van der Waals surface area contributed by atoms with E-state index < -0.39 is 23.4 Å². The third kappa shape index (κ3) is 3.16. The number of carboxylic acids is 1. The second-order valence-electron chi connectivity index (χ2n) is 6.12. The molecule has 0 saturated heterocycles. The average molecular weight is 390 g/mol. The molecule has 27 heavy (non-hydrogen) atoms. The molecule has 4 aromatic rings. The van der Waals surface area contributed by atoms with Crippen molar-refractivity contribution >= 4 is 38.4 Å². The van der Waals surface area contributed by atoms with E-state index in [9.17, 15) is 18.0 Å². The Morgan fingerprint density at radius 3 is 2.74 bits per heavy atom. The fourth-order valence-electron chi connectivity index (χ4n) is 3.13. The molecule has 0 radical (unpaired) electrons. The van der Waals surface area contributed by atoms with Gasteiger partial charge in [-0.25, -0.2) is 18.2 Å². The average Bonchev–Trinajstić information content (AvgIpc) is 3.21. The predicted octanol–water partition coefficient (Wildman–Crippen LogP) is 4.73. The molecule has 4 rings (SSSR count). The van der Waals surface area contributed by atoms with Crippen LogP contribution in [0.15, 0.2) is 36.5 Å². The molecule has 0 aliphatic carbocycles. The topological polar surface area (TPSA) is 55.1 Å². The minimum absolute atomic E-state index is 0.0153. The van der Waals surface area contributed by atoms with Crippen LogP contribution in [0.3, 0.4) is 0 Å². The molecule has 0 atom stereocenters. The van der Waals surface area contributed by atoms with Gasteiger partial charge in [-0.15, -0.1) is 11.3 Å². The summed E-state index contributed by atoms with van der Waals surface area (Å²) in [6.07, 6.45) is 2.11. The third-order valence-electron chi connectivity index (χ3n) is 4.34. The summed E-state index contributed by atoms with van der Waals surface area (Å²) in [5.41, 5.74) is 1.43. The fourth-order valence-corrected chi connectivity index (χ4v) is 4.12. The van der Waals surface area contributed by atoms with Crippen molar-refractivity contribution in [3.8, 4) is 0 Å². The molecule has 0 unspecified atom stereocenters. The zero-order valence-electron chi connectivity index (χ0n) is 13.9. The van der Waals surface area contributed by atoms with Crippen molar-refractivity contribution < 1.29 is 23.1 Å². The number of aromatic nitrogens is 2. The van der Waals surface area contributed by atoms with Crippen molar-refractivity contribution in [2.24, 2.45) is 0 Å². The van der Waals surface area contributed by atoms with Crippen LogP contribution >= 0.6 is 11.3 Å². The number of rotatable bonds is 5. The smallest absolute Gasteiger partial charge is 0.305 e. The molecule has 138 valence electrons. The van der Waals surface area contributed by atoms with Crippen LogP contribution in [0.1, 0.15) is 17.0 Å². The Bertz CT molecular complexity index is 1180. The Balaban J connectivity index is 1.75.